The molecule has 0 amide bonds. The third-order valence-corrected chi connectivity index (χ3v) is 3.89. The fourth-order valence-corrected chi connectivity index (χ4v) is 2.68. The molecule has 1 aliphatic heterocycles. The van der Waals surface area contributed by atoms with Crippen LogP contribution >= 0.6 is 11.6 Å². The highest BCUT2D eigenvalue weighted by Crippen LogP contribution is 2.31. The van der Waals surface area contributed by atoms with Crippen molar-refractivity contribution >= 4 is 17.4 Å². The molecule has 1 aliphatic rings. The molecule has 1 aromatic rings. The van der Waals surface area contributed by atoms with Crippen LogP contribution in [0, 0.1) is 5.41 Å². The van der Waals surface area contributed by atoms with Crippen LogP contribution in [0.2, 0.25) is 5.15 Å². The number of aliphatic hydroxyl groups is 1. The summed E-state index contributed by atoms with van der Waals surface area (Å²) in [4.78, 5) is 11.0. The Balaban J connectivity index is 2.22. The van der Waals surface area contributed by atoms with Crippen molar-refractivity contribution in [3.63, 3.8) is 0 Å². The molecule has 1 unspecified atom stereocenters. The summed E-state index contributed by atoms with van der Waals surface area (Å²) in [5.74, 6) is 1.68. The smallest absolute Gasteiger partial charge is 0.134 e. The van der Waals surface area contributed by atoms with Crippen molar-refractivity contribution in [3.05, 3.63) is 17.0 Å². The van der Waals surface area contributed by atoms with Gasteiger partial charge in [0.1, 0.15) is 16.8 Å². The fourth-order valence-electron chi connectivity index (χ4n) is 2.49. The molecule has 0 bridgehead atoms. The predicted molar refractivity (Wildman–Crippen MR) is 77.7 cm³/mol. The normalized spacial score (nSPS) is 22.6. The van der Waals surface area contributed by atoms with Crippen molar-refractivity contribution in [1.82, 2.24) is 9.97 Å². The van der Waals surface area contributed by atoms with E-state index in [1.165, 1.54) is 0 Å². The first-order chi connectivity index (χ1) is 8.92. The Labute approximate surface area is 119 Å². The summed E-state index contributed by atoms with van der Waals surface area (Å²) >= 11 is 6.08. The van der Waals surface area contributed by atoms with E-state index in [1.54, 1.807) is 0 Å². The van der Waals surface area contributed by atoms with Gasteiger partial charge in [-0.3, -0.25) is 0 Å². The summed E-state index contributed by atoms with van der Waals surface area (Å²) in [5, 5.41) is 10.5. The molecule has 0 saturated carbocycles. The lowest BCUT2D eigenvalue weighted by atomic mass is 9.81. The number of halogens is 1. The van der Waals surface area contributed by atoms with Gasteiger partial charge < -0.3 is 10.0 Å². The molecule has 2 rings (SSSR count). The van der Waals surface area contributed by atoms with Gasteiger partial charge in [0.15, 0.2) is 0 Å². The predicted octanol–water partition coefficient (Wildman–Crippen LogP) is 2.68. The SMILES string of the molecule is CCCc1nc(Cl)cc(N2CCC(O)C(C)(C)C2)n1. The standard InChI is InChI=1S/C14H22ClN3O/c1-4-5-12-16-11(15)8-13(17-12)18-7-6-10(19)14(2,3)9-18/h8,10,19H,4-7,9H2,1-3H3. The maximum absolute atomic E-state index is 10.0. The molecule has 0 aromatic carbocycles. The third kappa shape index (κ3) is 3.37. The second-order valence-corrected chi connectivity index (χ2v) is 6.32. The number of nitrogens with zero attached hydrogens (tertiary/aromatic N) is 3. The first-order valence-corrected chi connectivity index (χ1v) is 7.26. The monoisotopic (exact) mass is 283 g/mol. The molecule has 1 fully saturated rings. The second-order valence-electron chi connectivity index (χ2n) is 5.93. The van der Waals surface area contributed by atoms with Crippen LogP contribution in [0.5, 0.6) is 0 Å². The Morgan fingerprint density at radius 1 is 1.47 bits per heavy atom. The van der Waals surface area contributed by atoms with Crippen LogP contribution in [-0.2, 0) is 6.42 Å². The van der Waals surface area contributed by atoms with Crippen molar-refractivity contribution in [2.24, 2.45) is 5.41 Å². The lowest BCUT2D eigenvalue weighted by Gasteiger charge is -2.42. The van der Waals surface area contributed by atoms with Crippen LogP contribution in [-0.4, -0.2) is 34.3 Å². The van der Waals surface area contributed by atoms with Gasteiger partial charge >= 0.3 is 0 Å². The highest BCUT2D eigenvalue weighted by Gasteiger charge is 2.35. The molecule has 1 atom stereocenters. The lowest BCUT2D eigenvalue weighted by molar-refractivity contribution is 0.0334. The van der Waals surface area contributed by atoms with Crippen molar-refractivity contribution in [2.45, 2.75) is 46.1 Å². The summed E-state index contributed by atoms with van der Waals surface area (Å²) in [6.07, 6.45) is 2.35. The van der Waals surface area contributed by atoms with Crippen LogP contribution in [0.1, 0.15) is 39.4 Å². The number of hydrogen-bond acceptors (Lipinski definition) is 4. The summed E-state index contributed by atoms with van der Waals surface area (Å²) in [6, 6.07) is 1.81. The number of aliphatic hydroxyl groups excluding tert-OH is 1. The zero-order valence-corrected chi connectivity index (χ0v) is 12.6. The Morgan fingerprint density at radius 2 is 2.21 bits per heavy atom. The molecule has 19 heavy (non-hydrogen) atoms. The quantitative estimate of drug-likeness (QED) is 0.867. The lowest BCUT2D eigenvalue weighted by Crippen LogP contribution is -2.49. The van der Waals surface area contributed by atoms with E-state index in [4.69, 9.17) is 11.6 Å². The minimum absolute atomic E-state index is 0.124. The maximum atomic E-state index is 10.0. The Kier molecular flexibility index (Phi) is 4.31. The summed E-state index contributed by atoms with van der Waals surface area (Å²) in [5.41, 5.74) is -0.124. The first kappa shape index (κ1) is 14.5. The van der Waals surface area contributed by atoms with E-state index in [0.717, 1.165) is 44.0 Å². The molecule has 5 heteroatoms. The van der Waals surface area contributed by atoms with Gasteiger partial charge in [0.25, 0.3) is 0 Å². The zero-order valence-electron chi connectivity index (χ0n) is 11.9. The molecule has 1 N–H and O–H groups in total. The highest BCUT2D eigenvalue weighted by atomic mass is 35.5. The first-order valence-electron chi connectivity index (χ1n) is 6.89. The summed E-state index contributed by atoms with van der Waals surface area (Å²) < 4.78 is 0. The van der Waals surface area contributed by atoms with Crippen molar-refractivity contribution in [2.75, 3.05) is 18.0 Å². The van der Waals surface area contributed by atoms with Gasteiger partial charge in [0.2, 0.25) is 0 Å². The average Bonchev–Trinajstić information content (AvgIpc) is 2.32. The highest BCUT2D eigenvalue weighted by molar-refractivity contribution is 6.29. The maximum Gasteiger partial charge on any atom is 0.134 e. The molecular weight excluding hydrogens is 262 g/mol. The number of piperidine rings is 1. The Bertz CT molecular complexity index is 450. The van der Waals surface area contributed by atoms with Crippen molar-refractivity contribution in [1.29, 1.82) is 0 Å². The molecule has 1 saturated heterocycles. The molecule has 106 valence electrons. The number of rotatable bonds is 3. The minimum Gasteiger partial charge on any atom is -0.392 e. The fraction of sp³-hybridized carbons (Fsp3) is 0.714. The molecule has 4 nitrogen and oxygen atoms in total. The number of aryl methyl sites for hydroxylation is 1. The van der Waals surface area contributed by atoms with Crippen molar-refractivity contribution in [3.8, 4) is 0 Å². The Morgan fingerprint density at radius 3 is 2.84 bits per heavy atom. The topological polar surface area (TPSA) is 49.2 Å². The van der Waals surface area contributed by atoms with E-state index in [2.05, 4.69) is 35.6 Å². The van der Waals surface area contributed by atoms with Gasteiger partial charge in [-0.1, -0.05) is 32.4 Å². The van der Waals surface area contributed by atoms with E-state index in [0.29, 0.717) is 5.15 Å². The van der Waals surface area contributed by atoms with Gasteiger partial charge in [0, 0.05) is 31.0 Å². The van der Waals surface area contributed by atoms with Gasteiger partial charge in [-0.15, -0.1) is 0 Å². The van der Waals surface area contributed by atoms with Crippen LogP contribution in [0.15, 0.2) is 6.07 Å². The third-order valence-electron chi connectivity index (χ3n) is 3.70. The number of hydrogen-bond donors (Lipinski definition) is 1. The van der Waals surface area contributed by atoms with Gasteiger partial charge in [-0.2, -0.15) is 0 Å². The van der Waals surface area contributed by atoms with Crippen LogP contribution < -0.4 is 4.90 Å². The second kappa shape index (κ2) is 5.63. The average molecular weight is 284 g/mol. The van der Waals surface area contributed by atoms with E-state index in [9.17, 15) is 5.11 Å². The minimum atomic E-state index is -0.254. The van der Waals surface area contributed by atoms with Crippen molar-refractivity contribution < 1.29 is 5.11 Å². The summed E-state index contributed by atoms with van der Waals surface area (Å²) in [7, 11) is 0. The summed E-state index contributed by atoms with van der Waals surface area (Å²) in [6.45, 7) is 7.86. The molecule has 0 spiro atoms. The van der Waals surface area contributed by atoms with Crippen LogP contribution in [0.4, 0.5) is 5.82 Å². The largest absolute Gasteiger partial charge is 0.392 e. The Hall–Kier alpha value is -0.870. The molecule has 0 aliphatic carbocycles. The van der Waals surface area contributed by atoms with Gasteiger partial charge in [0.05, 0.1) is 6.10 Å². The van der Waals surface area contributed by atoms with Gasteiger partial charge in [-0.05, 0) is 12.8 Å². The molecule has 2 heterocycles. The number of aromatic nitrogens is 2. The van der Waals surface area contributed by atoms with E-state index < -0.39 is 0 Å². The zero-order chi connectivity index (χ0) is 14.0. The number of anilines is 1. The van der Waals surface area contributed by atoms with E-state index >= 15 is 0 Å². The van der Waals surface area contributed by atoms with Gasteiger partial charge in [-0.25, -0.2) is 9.97 Å². The van der Waals surface area contributed by atoms with Crippen LogP contribution in [0.25, 0.3) is 0 Å². The molecule has 0 radical (unpaired) electrons. The molecule has 1 aromatic heterocycles. The van der Waals surface area contributed by atoms with Crippen LogP contribution in [0.3, 0.4) is 0 Å². The van der Waals surface area contributed by atoms with E-state index in [1.807, 2.05) is 6.07 Å². The van der Waals surface area contributed by atoms with E-state index in [-0.39, 0.29) is 11.5 Å². The molecular formula is C14H22ClN3O.